The van der Waals surface area contributed by atoms with Crippen LogP contribution in [0.25, 0.3) is 0 Å². The van der Waals surface area contributed by atoms with Crippen LogP contribution < -0.4 is 4.90 Å². The molecule has 76 valence electrons. The van der Waals surface area contributed by atoms with Crippen LogP contribution in [-0.4, -0.2) is 34.3 Å². The molecule has 14 heavy (non-hydrogen) atoms. The minimum absolute atomic E-state index is 0.135. The normalized spacial score (nSPS) is 18.6. The molecule has 4 heteroatoms. The van der Waals surface area contributed by atoms with Gasteiger partial charge in [-0.05, 0) is 19.8 Å². The first-order chi connectivity index (χ1) is 6.75. The molecule has 0 bridgehead atoms. The minimum atomic E-state index is -0.135. The molecule has 0 saturated carbocycles. The number of aliphatic hydroxyl groups excluding tert-OH is 1. The van der Waals surface area contributed by atoms with Gasteiger partial charge in [-0.2, -0.15) is 0 Å². The topological polar surface area (TPSA) is 49.2 Å². The summed E-state index contributed by atoms with van der Waals surface area (Å²) in [6, 6.07) is 0. The second-order valence-corrected chi connectivity index (χ2v) is 3.74. The number of hydrogen-bond acceptors (Lipinski definition) is 4. The van der Waals surface area contributed by atoms with E-state index in [4.69, 9.17) is 0 Å². The molecule has 0 unspecified atom stereocenters. The highest BCUT2D eigenvalue weighted by Crippen LogP contribution is 2.16. The Kier molecular flexibility index (Phi) is 2.63. The number of aryl methyl sites for hydroxylation is 1. The predicted octanol–water partition coefficient (Wildman–Crippen LogP) is 0.746. The van der Waals surface area contributed by atoms with Crippen molar-refractivity contribution in [3.8, 4) is 0 Å². The lowest BCUT2D eigenvalue weighted by atomic mass is 10.1. The Morgan fingerprint density at radius 3 is 2.71 bits per heavy atom. The maximum atomic E-state index is 9.37. The maximum absolute atomic E-state index is 9.37. The summed E-state index contributed by atoms with van der Waals surface area (Å²) < 4.78 is 0. The standard InChI is InChI=1S/C10H15N3O/c1-8-6-11-7-10(12-8)13-4-2-9(14)3-5-13/h6-7,9,14H,2-5H2,1H3. The van der Waals surface area contributed by atoms with Gasteiger partial charge in [-0.1, -0.05) is 0 Å². The van der Waals surface area contributed by atoms with E-state index < -0.39 is 0 Å². The van der Waals surface area contributed by atoms with Crippen LogP contribution in [-0.2, 0) is 0 Å². The molecular weight excluding hydrogens is 178 g/mol. The van der Waals surface area contributed by atoms with Crippen molar-refractivity contribution >= 4 is 5.82 Å². The molecule has 1 aromatic heterocycles. The van der Waals surface area contributed by atoms with E-state index in [2.05, 4.69) is 14.9 Å². The monoisotopic (exact) mass is 193 g/mol. The van der Waals surface area contributed by atoms with Gasteiger partial charge in [-0.15, -0.1) is 0 Å². The summed E-state index contributed by atoms with van der Waals surface area (Å²) in [5.74, 6) is 0.928. The van der Waals surface area contributed by atoms with Crippen molar-refractivity contribution < 1.29 is 5.11 Å². The summed E-state index contributed by atoms with van der Waals surface area (Å²) in [5.41, 5.74) is 0.939. The maximum Gasteiger partial charge on any atom is 0.147 e. The summed E-state index contributed by atoms with van der Waals surface area (Å²) in [7, 11) is 0. The lowest BCUT2D eigenvalue weighted by molar-refractivity contribution is 0.145. The van der Waals surface area contributed by atoms with Gasteiger partial charge in [-0.3, -0.25) is 4.98 Å². The van der Waals surface area contributed by atoms with E-state index in [1.807, 2.05) is 6.92 Å². The molecule has 0 amide bonds. The number of piperidine rings is 1. The van der Waals surface area contributed by atoms with Crippen LogP contribution in [0.15, 0.2) is 12.4 Å². The second-order valence-electron chi connectivity index (χ2n) is 3.74. The van der Waals surface area contributed by atoms with Crippen LogP contribution in [0.4, 0.5) is 5.82 Å². The van der Waals surface area contributed by atoms with Crippen molar-refractivity contribution in [1.29, 1.82) is 0 Å². The zero-order valence-electron chi connectivity index (χ0n) is 8.35. The first-order valence-corrected chi connectivity index (χ1v) is 4.97. The van der Waals surface area contributed by atoms with Gasteiger partial charge in [0.05, 0.1) is 18.0 Å². The van der Waals surface area contributed by atoms with Crippen LogP contribution in [0.1, 0.15) is 18.5 Å². The van der Waals surface area contributed by atoms with Gasteiger partial charge < -0.3 is 10.0 Å². The molecule has 0 radical (unpaired) electrons. The fourth-order valence-corrected chi connectivity index (χ4v) is 1.70. The fraction of sp³-hybridized carbons (Fsp3) is 0.600. The van der Waals surface area contributed by atoms with Gasteiger partial charge in [0.1, 0.15) is 5.82 Å². The highest BCUT2D eigenvalue weighted by atomic mass is 16.3. The highest BCUT2D eigenvalue weighted by molar-refractivity contribution is 5.36. The van der Waals surface area contributed by atoms with E-state index in [9.17, 15) is 5.11 Å². The lowest BCUT2D eigenvalue weighted by Gasteiger charge is -2.30. The first kappa shape index (κ1) is 9.40. The van der Waals surface area contributed by atoms with Gasteiger partial charge in [0.2, 0.25) is 0 Å². The summed E-state index contributed by atoms with van der Waals surface area (Å²) in [6.07, 6.45) is 5.06. The third-order valence-corrected chi connectivity index (χ3v) is 2.53. The van der Waals surface area contributed by atoms with Crippen molar-refractivity contribution in [3.05, 3.63) is 18.1 Å². The van der Waals surface area contributed by atoms with Gasteiger partial charge in [0.15, 0.2) is 0 Å². The molecule has 2 heterocycles. The van der Waals surface area contributed by atoms with Crippen LogP contribution >= 0.6 is 0 Å². The van der Waals surface area contributed by atoms with E-state index >= 15 is 0 Å². The Morgan fingerprint density at radius 1 is 1.36 bits per heavy atom. The Hall–Kier alpha value is -1.16. The number of anilines is 1. The van der Waals surface area contributed by atoms with Crippen LogP contribution in [0.5, 0.6) is 0 Å². The van der Waals surface area contributed by atoms with Crippen LogP contribution in [0.2, 0.25) is 0 Å². The van der Waals surface area contributed by atoms with E-state index in [-0.39, 0.29) is 6.10 Å². The summed E-state index contributed by atoms with van der Waals surface area (Å²) >= 11 is 0. The van der Waals surface area contributed by atoms with Gasteiger partial charge in [0, 0.05) is 19.3 Å². The van der Waals surface area contributed by atoms with Crippen LogP contribution in [0.3, 0.4) is 0 Å². The molecule has 1 saturated heterocycles. The quantitative estimate of drug-likeness (QED) is 0.715. The number of nitrogens with zero attached hydrogens (tertiary/aromatic N) is 3. The lowest BCUT2D eigenvalue weighted by Crippen LogP contribution is -2.36. The van der Waals surface area contributed by atoms with E-state index in [0.717, 1.165) is 37.4 Å². The Labute approximate surface area is 83.6 Å². The molecule has 0 aromatic carbocycles. The summed E-state index contributed by atoms with van der Waals surface area (Å²) in [6.45, 7) is 3.69. The summed E-state index contributed by atoms with van der Waals surface area (Å²) in [4.78, 5) is 10.7. The molecule has 1 aliphatic heterocycles. The SMILES string of the molecule is Cc1cncc(N2CCC(O)CC2)n1. The van der Waals surface area contributed by atoms with Gasteiger partial charge in [-0.25, -0.2) is 4.98 Å². The van der Waals surface area contributed by atoms with E-state index in [0.29, 0.717) is 0 Å². The Bertz CT molecular complexity index is 308. The number of rotatable bonds is 1. The first-order valence-electron chi connectivity index (χ1n) is 4.97. The predicted molar refractivity (Wildman–Crippen MR) is 54.2 cm³/mol. The van der Waals surface area contributed by atoms with E-state index in [1.165, 1.54) is 0 Å². The molecule has 0 aliphatic carbocycles. The van der Waals surface area contributed by atoms with Crippen molar-refractivity contribution in [2.45, 2.75) is 25.9 Å². The molecule has 0 spiro atoms. The van der Waals surface area contributed by atoms with Crippen molar-refractivity contribution in [2.75, 3.05) is 18.0 Å². The number of aromatic nitrogens is 2. The molecule has 1 fully saturated rings. The number of hydrogen-bond donors (Lipinski definition) is 1. The molecule has 0 atom stereocenters. The molecule has 1 aromatic rings. The largest absolute Gasteiger partial charge is 0.393 e. The van der Waals surface area contributed by atoms with Crippen LogP contribution in [0, 0.1) is 6.92 Å². The molecule has 1 N–H and O–H groups in total. The average molecular weight is 193 g/mol. The van der Waals surface area contributed by atoms with Crippen molar-refractivity contribution in [2.24, 2.45) is 0 Å². The summed E-state index contributed by atoms with van der Waals surface area (Å²) in [5, 5.41) is 9.37. The second kappa shape index (κ2) is 3.92. The van der Waals surface area contributed by atoms with Crippen molar-refractivity contribution in [1.82, 2.24) is 9.97 Å². The zero-order valence-corrected chi connectivity index (χ0v) is 8.35. The highest BCUT2D eigenvalue weighted by Gasteiger charge is 2.17. The molecular formula is C10H15N3O. The van der Waals surface area contributed by atoms with Gasteiger partial charge in [0.25, 0.3) is 0 Å². The van der Waals surface area contributed by atoms with Gasteiger partial charge >= 0.3 is 0 Å². The van der Waals surface area contributed by atoms with E-state index in [1.54, 1.807) is 12.4 Å². The Balaban J connectivity index is 2.08. The Morgan fingerprint density at radius 2 is 2.07 bits per heavy atom. The molecule has 2 rings (SSSR count). The van der Waals surface area contributed by atoms with Crippen molar-refractivity contribution in [3.63, 3.8) is 0 Å². The fourth-order valence-electron chi connectivity index (χ4n) is 1.70. The average Bonchev–Trinajstić information content (AvgIpc) is 2.19. The minimum Gasteiger partial charge on any atom is -0.393 e. The smallest absolute Gasteiger partial charge is 0.147 e. The molecule has 4 nitrogen and oxygen atoms in total. The third-order valence-electron chi connectivity index (χ3n) is 2.53. The molecule has 1 aliphatic rings. The third kappa shape index (κ3) is 2.01. The number of aliphatic hydroxyl groups is 1. The zero-order chi connectivity index (χ0) is 9.97.